The second kappa shape index (κ2) is 4.70. The molecular formula is C9H15NOS. The summed E-state index contributed by atoms with van der Waals surface area (Å²) in [4.78, 5) is 3.99. The first-order valence-electron chi connectivity index (χ1n) is 4.41. The minimum absolute atomic E-state index is 0.389. The largest absolute Gasteiger partial charge is 0.378 e. The van der Waals surface area contributed by atoms with Crippen LogP contribution >= 0.6 is 12.2 Å². The lowest BCUT2D eigenvalue weighted by Gasteiger charge is -2.32. The maximum Gasteiger partial charge on any atom is 0.0652 e. The standard InChI is InChI=1S/C9H15NOS/c1-7(2)5-11-9-3-8(4-9)10-6-12/h7-9H,3-5H2,1-2H3. The van der Waals surface area contributed by atoms with Gasteiger partial charge in [-0.3, -0.25) is 0 Å². The molecule has 1 aliphatic rings. The average molecular weight is 185 g/mol. The van der Waals surface area contributed by atoms with Gasteiger partial charge in [-0.25, -0.2) is 4.99 Å². The Bertz CT molecular complexity index is 181. The highest BCUT2D eigenvalue weighted by Crippen LogP contribution is 2.26. The molecule has 0 unspecified atom stereocenters. The highest BCUT2D eigenvalue weighted by Gasteiger charge is 2.29. The third-order valence-corrected chi connectivity index (χ3v) is 2.08. The van der Waals surface area contributed by atoms with Gasteiger partial charge in [-0.05, 0) is 31.0 Å². The second-order valence-electron chi connectivity index (χ2n) is 3.69. The Morgan fingerprint density at radius 2 is 2.25 bits per heavy atom. The van der Waals surface area contributed by atoms with Gasteiger partial charge in [-0.2, -0.15) is 0 Å². The van der Waals surface area contributed by atoms with E-state index in [1.165, 1.54) is 0 Å². The van der Waals surface area contributed by atoms with Crippen molar-refractivity contribution in [2.24, 2.45) is 10.9 Å². The number of thiocarbonyl (C=S) groups is 1. The number of rotatable bonds is 4. The lowest BCUT2D eigenvalue weighted by atomic mass is 9.90. The Hall–Kier alpha value is -0.240. The molecule has 0 N–H and O–H groups in total. The van der Waals surface area contributed by atoms with Crippen LogP contribution in [-0.4, -0.2) is 23.9 Å². The first kappa shape index (κ1) is 9.85. The van der Waals surface area contributed by atoms with Gasteiger partial charge in [0.1, 0.15) is 0 Å². The summed E-state index contributed by atoms with van der Waals surface area (Å²) in [6.07, 6.45) is 2.47. The molecule has 0 heterocycles. The molecular weight excluding hydrogens is 170 g/mol. The fourth-order valence-electron chi connectivity index (χ4n) is 1.18. The molecule has 1 saturated carbocycles. The summed E-state index contributed by atoms with van der Waals surface area (Å²) in [6.45, 7) is 5.18. The van der Waals surface area contributed by atoms with E-state index in [4.69, 9.17) is 4.74 Å². The van der Waals surface area contributed by atoms with Crippen molar-refractivity contribution in [1.82, 2.24) is 0 Å². The van der Waals surface area contributed by atoms with E-state index < -0.39 is 0 Å². The third kappa shape index (κ3) is 3.02. The van der Waals surface area contributed by atoms with Crippen molar-refractivity contribution >= 4 is 17.4 Å². The molecule has 0 atom stereocenters. The number of aliphatic imine (C=N–C) groups is 1. The fraction of sp³-hybridized carbons (Fsp3) is 0.889. The van der Waals surface area contributed by atoms with E-state index in [0.29, 0.717) is 18.1 Å². The van der Waals surface area contributed by atoms with Crippen LogP contribution in [0.15, 0.2) is 4.99 Å². The topological polar surface area (TPSA) is 21.6 Å². The summed E-state index contributed by atoms with van der Waals surface area (Å²) < 4.78 is 5.59. The first-order valence-corrected chi connectivity index (χ1v) is 4.81. The van der Waals surface area contributed by atoms with Gasteiger partial charge in [0, 0.05) is 6.61 Å². The normalized spacial score (nSPS) is 27.9. The Kier molecular flexibility index (Phi) is 3.86. The number of isothiocyanates is 1. The Balaban J connectivity index is 2.05. The molecule has 1 fully saturated rings. The molecule has 0 saturated heterocycles. The van der Waals surface area contributed by atoms with Gasteiger partial charge in [0.25, 0.3) is 0 Å². The zero-order valence-electron chi connectivity index (χ0n) is 7.62. The minimum Gasteiger partial charge on any atom is -0.378 e. The predicted octanol–water partition coefficient (Wildman–Crippen LogP) is 2.29. The SMILES string of the molecule is CC(C)COC1CC(N=C=S)C1. The van der Waals surface area contributed by atoms with Gasteiger partial charge in [0.15, 0.2) is 0 Å². The summed E-state index contributed by atoms with van der Waals surface area (Å²) >= 11 is 4.52. The second-order valence-corrected chi connectivity index (χ2v) is 3.88. The highest BCUT2D eigenvalue weighted by atomic mass is 32.1. The van der Waals surface area contributed by atoms with Crippen LogP contribution in [-0.2, 0) is 4.74 Å². The quantitative estimate of drug-likeness (QED) is 0.495. The van der Waals surface area contributed by atoms with Crippen LogP contribution < -0.4 is 0 Å². The molecule has 0 aliphatic heterocycles. The van der Waals surface area contributed by atoms with Crippen LogP contribution in [0.2, 0.25) is 0 Å². The number of hydrogen-bond donors (Lipinski definition) is 0. The highest BCUT2D eigenvalue weighted by molar-refractivity contribution is 7.78. The van der Waals surface area contributed by atoms with Crippen molar-refractivity contribution in [2.45, 2.75) is 38.8 Å². The zero-order chi connectivity index (χ0) is 8.97. The molecule has 0 aromatic carbocycles. The van der Waals surface area contributed by atoms with Crippen molar-refractivity contribution in [3.8, 4) is 0 Å². The van der Waals surface area contributed by atoms with Gasteiger partial charge in [-0.15, -0.1) is 0 Å². The van der Waals surface area contributed by atoms with Gasteiger partial charge < -0.3 is 4.74 Å². The van der Waals surface area contributed by atoms with E-state index in [1.807, 2.05) is 0 Å². The predicted molar refractivity (Wildman–Crippen MR) is 52.6 cm³/mol. The van der Waals surface area contributed by atoms with E-state index in [1.54, 1.807) is 0 Å². The van der Waals surface area contributed by atoms with Gasteiger partial charge in [0.2, 0.25) is 0 Å². The van der Waals surface area contributed by atoms with E-state index in [9.17, 15) is 0 Å². The number of ether oxygens (including phenoxy) is 1. The van der Waals surface area contributed by atoms with Gasteiger partial charge >= 0.3 is 0 Å². The fourth-order valence-corrected chi connectivity index (χ4v) is 1.33. The van der Waals surface area contributed by atoms with E-state index >= 15 is 0 Å². The lowest BCUT2D eigenvalue weighted by molar-refractivity contribution is -0.0197. The summed E-state index contributed by atoms with van der Waals surface area (Å²) in [7, 11) is 0. The summed E-state index contributed by atoms with van der Waals surface area (Å²) in [5, 5.41) is 2.41. The molecule has 3 heteroatoms. The Morgan fingerprint density at radius 1 is 1.58 bits per heavy atom. The first-order chi connectivity index (χ1) is 5.72. The summed E-state index contributed by atoms with van der Waals surface area (Å²) in [6, 6.07) is 0.389. The molecule has 12 heavy (non-hydrogen) atoms. The zero-order valence-corrected chi connectivity index (χ0v) is 8.43. The van der Waals surface area contributed by atoms with Crippen molar-refractivity contribution in [3.05, 3.63) is 0 Å². The van der Waals surface area contributed by atoms with Gasteiger partial charge in [-0.1, -0.05) is 13.8 Å². The molecule has 0 radical (unpaired) electrons. The molecule has 0 aromatic heterocycles. The monoisotopic (exact) mass is 185 g/mol. The third-order valence-electron chi connectivity index (χ3n) is 1.97. The Labute approximate surface area is 79.0 Å². The lowest BCUT2D eigenvalue weighted by Crippen LogP contribution is -2.35. The van der Waals surface area contributed by atoms with Crippen LogP contribution in [0, 0.1) is 5.92 Å². The smallest absolute Gasteiger partial charge is 0.0652 e. The molecule has 68 valence electrons. The van der Waals surface area contributed by atoms with Crippen molar-refractivity contribution < 1.29 is 4.74 Å². The average Bonchev–Trinajstić information content (AvgIpc) is 1.93. The van der Waals surface area contributed by atoms with E-state index in [-0.39, 0.29) is 0 Å². The van der Waals surface area contributed by atoms with Crippen LogP contribution in [0.3, 0.4) is 0 Å². The van der Waals surface area contributed by atoms with Crippen LogP contribution in [0.1, 0.15) is 26.7 Å². The molecule has 0 amide bonds. The van der Waals surface area contributed by atoms with Crippen molar-refractivity contribution in [2.75, 3.05) is 6.61 Å². The van der Waals surface area contributed by atoms with Crippen LogP contribution in [0.4, 0.5) is 0 Å². The van der Waals surface area contributed by atoms with Gasteiger partial charge in [0.05, 0.1) is 17.3 Å². The number of hydrogen-bond acceptors (Lipinski definition) is 3. The van der Waals surface area contributed by atoms with Crippen LogP contribution in [0.5, 0.6) is 0 Å². The van der Waals surface area contributed by atoms with E-state index in [2.05, 4.69) is 36.2 Å². The summed E-state index contributed by atoms with van der Waals surface area (Å²) in [5.74, 6) is 0.623. The summed E-state index contributed by atoms with van der Waals surface area (Å²) in [5.41, 5.74) is 0. The molecule has 2 nitrogen and oxygen atoms in total. The van der Waals surface area contributed by atoms with Crippen molar-refractivity contribution in [1.29, 1.82) is 0 Å². The maximum absolute atomic E-state index is 5.59. The molecule has 0 aromatic rings. The molecule has 1 aliphatic carbocycles. The Morgan fingerprint density at radius 3 is 2.75 bits per heavy atom. The molecule has 0 bridgehead atoms. The van der Waals surface area contributed by atoms with Crippen LogP contribution in [0.25, 0.3) is 0 Å². The van der Waals surface area contributed by atoms with Crippen molar-refractivity contribution in [3.63, 3.8) is 0 Å². The minimum atomic E-state index is 0.389. The number of nitrogens with zero attached hydrogens (tertiary/aromatic N) is 1. The molecule has 0 spiro atoms. The maximum atomic E-state index is 5.59. The molecule has 1 rings (SSSR count). The van der Waals surface area contributed by atoms with E-state index in [0.717, 1.165) is 19.4 Å².